The van der Waals surface area contributed by atoms with Crippen molar-refractivity contribution in [2.75, 3.05) is 74.5 Å². The summed E-state index contributed by atoms with van der Waals surface area (Å²) in [5.41, 5.74) is -3.40. The van der Waals surface area contributed by atoms with E-state index in [2.05, 4.69) is 16.0 Å². The van der Waals surface area contributed by atoms with Crippen LogP contribution in [0.3, 0.4) is 0 Å². The molecule has 24 nitrogen and oxygen atoms in total. The molecule has 0 bridgehead atoms. The molecule has 1 spiro atoms. The zero-order valence-electron chi connectivity index (χ0n) is 62.6. The van der Waals surface area contributed by atoms with Crippen LogP contribution in [0.25, 0.3) is 0 Å². The van der Waals surface area contributed by atoms with Gasteiger partial charge in [-0.1, -0.05) is 97.0 Å². The van der Waals surface area contributed by atoms with Gasteiger partial charge in [0, 0.05) is 74.4 Å². The number of fused-ring (bicyclic) bond motifs is 2. The summed E-state index contributed by atoms with van der Waals surface area (Å²) in [6.07, 6.45) is -7.45. The number of amides is 12. The first kappa shape index (κ1) is 84.2. The van der Waals surface area contributed by atoms with Crippen molar-refractivity contribution in [3.8, 4) is 0 Å². The van der Waals surface area contributed by atoms with Crippen molar-refractivity contribution in [3.05, 3.63) is 69.7 Å². The number of carbonyl (C=O) groups excluding carboxylic acids is 12. The van der Waals surface area contributed by atoms with Crippen LogP contribution in [-0.2, 0) is 82.7 Å². The summed E-state index contributed by atoms with van der Waals surface area (Å²) in [6.45, 7) is 13.6. The lowest BCUT2D eigenvalue weighted by Crippen LogP contribution is -2.65. The number of hydrogen-bond donors (Lipinski definition) is 3. The van der Waals surface area contributed by atoms with Crippen LogP contribution in [0.1, 0.15) is 168 Å². The number of aryl methyl sites for hydroxylation is 1. The number of benzene rings is 2. The van der Waals surface area contributed by atoms with Gasteiger partial charge in [-0.25, -0.2) is 0 Å². The Kier molecular flexibility index (Phi) is 28.5. The number of nitrogens with zero attached hydrogens (tertiary/aromatic N) is 9. The van der Waals surface area contributed by atoms with Crippen LogP contribution in [0.2, 0.25) is 5.02 Å². The fourth-order valence-electron chi connectivity index (χ4n) is 15.0. The van der Waals surface area contributed by atoms with E-state index in [1.165, 1.54) is 66.7 Å². The van der Waals surface area contributed by atoms with Crippen LogP contribution >= 0.6 is 11.6 Å². The minimum Gasteiger partial charge on any atom is -0.343 e. The maximum absolute atomic E-state index is 15.6. The van der Waals surface area contributed by atoms with E-state index in [0.717, 1.165) is 57.2 Å². The zero-order valence-corrected chi connectivity index (χ0v) is 63.4. The number of alkyl halides is 6. The number of carbonyl (C=O) groups is 12. The molecule has 2 aromatic rings. The highest BCUT2D eigenvalue weighted by Gasteiger charge is 2.52. The van der Waals surface area contributed by atoms with Gasteiger partial charge < -0.3 is 60.0 Å². The highest BCUT2D eigenvalue weighted by molar-refractivity contribution is 6.31. The standard InChI is InChI=1S/C74H105ClF6N12O12/c1-14-44(6)60-69(103)86(10)46(8)64(98)93-37-31-54(93)67(101)87(11)56(40-48-23-27-49(28-24-48)73(76,77)78)66(100)85(9)42-58(94)82-52(30-26-47-25-29-50(51(75)39-47)74(79,80)81)65(99)92-36-21-22-53(92)63(97)84-72(32-17-18-33-72)71(105)89(13)61(45(7)15-2)70(104)88(12)57(68(102)90-34-19-20-35-90)41-59(95)91(16-3)55(38-43(4)5)62(96)83-60/h23-25,27-29,39,43-46,52-57,60-61H,14-22,26,30-38,40-42H2,1-13H3,(H,82,94)(H,83,96)(H,84,97)/t44-,45-,46-,52-,53-,54-,55-,56-,57-,60-,61-/m0/s1. The Morgan fingerprint density at radius 1 is 0.619 bits per heavy atom. The van der Waals surface area contributed by atoms with Gasteiger partial charge in [0.15, 0.2) is 0 Å². The Balaban J connectivity index is 1.32. The molecule has 11 atom stereocenters. The molecule has 4 saturated heterocycles. The fourth-order valence-corrected chi connectivity index (χ4v) is 15.3. The van der Waals surface area contributed by atoms with Gasteiger partial charge in [-0.3, -0.25) is 57.5 Å². The van der Waals surface area contributed by atoms with Crippen molar-refractivity contribution in [2.45, 2.75) is 230 Å². The number of nitrogens with one attached hydrogen (secondary N) is 3. The Morgan fingerprint density at radius 2 is 1.23 bits per heavy atom. The first-order valence-corrected chi connectivity index (χ1v) is 37.1. The molecule has 0 aromatic heterocycles. The lowest BCUT2D eigenvalue weighted by atomic mass is 9.90. The molecule has 0 unspecified atom stereocenters. The molecule has 5 fully saturated rings. The highest BCUT2D eigenvalue weighted by atomic mass is 35.5. The fraction of sp³-hybridized carbons (Fsp3) is 0.676. The first-order chi connectivity index (χ1) is 49.2. The molecular formula is C74H105ClF6N12O12. The van der Waals surface area contributed by atoms with Crippen molar-refractivity contribution in [1.29, 1.82) is 0 Å². The molecule has 4 aliphatic heterocycles. The van der Waals surface area contributed by atoms with Crippen molar-refractivity contribution >= 4 is 82.5 Å². The van der Waals surface area contributed by atoms with Crippen LogP contribution in [-0.4, -0.2) is 249 Å². The lowest BCUT2D eigenvalue weighted by Gasteiger charge is -2.45. The molecule has 2 aromatic carbocycles. The topological polar surface area (TPSA) is 270 Å². The second-order valence-electron chi connectivity index (χ2n) is 29.6. The smallest absolute Gasteiger partial charge is 0.343 e. The van der Waals surface area contributed by atoms with Gasteiger partial charge >= 0.3 is 12.4 Å². The number of halogens is 7. The Bertz CT molecular complexity index is 3520. The monoisotopic (exact) mass is 1500 g/mol. The molecule has 3 N–H and O–H groups in total. The number of likely N-dealkylation sites (tertiary alicyclic amines) is 1. The Labute approximate surface area is 616 Å². The van der Waals surface area contributed by atoms with Gasteiger partial charge in [-0.2, -0.15) is 26.3 Å². The highest BCUT2D eigenvalue weighted by Crippen LogP contribution is 2.38. The van der Waals surface area contributed by atoms with Gasteiger partial charge in [0.2, 0.25) is 70.9 Å². The average Bonchev–Trinajstić information content (AvgIpc) is 1.71. The molecule has 7 rings (SSSR count). The maximum atomic E-state index is 15.6. The Hall–Kier alpha value is -8.05. The van der Waals surface area contributed by atoms with Gasteiger partial charge in [0.05, 0.1) is 29.1 Å². The van der Waals surface area contributed by atoms with Crippen LogP contribution in [0.15, 0.2) is 42.5 Å². The van der Waals surface area contributed by atoms with Crippen LogP contribution in [0, 0.1) is 17.8 Å². The third-order valence-electron chi connectivity index (χ3n) is 22.1. The average molecular weight is 1500 g/mol. The third-order valence-corrected chi connectivity index (χ3v) is 22.4. The van der Waals surface area contributed by atoms with Crippen molar-refractivity contribution in [2.24, 2.45) is 17.8 Å². The molecule has 1 aliphatic carbocycles. The summed E-state index contributed by atoms with van der Waals surface area (Å²) >= 11 is 6.13. The molecular weight excluding hydrogens is 1400 g/mol. The van der Waals surface area contributed by atoms with E-state index in [1.807, 2.05) is 20.8 Å². The second kappa shape index (κ2) is 35.6. The largest absolute Gasteiger partial charge is 0.417 e. The second-order valence-corrected chi connectivity index (χ2v) is 30.0. The third kappa shape index (κ3) is 19.6. The lowest BCUT2D eigenvalue weighted by molar-refractivity contribution is -0.160. The number of hydrogen-bond acceptors (Lipinski definition) is 12. The molecule has 0 radical (unpaired) electrons. The van der Waals surface area contributed by atoms with E-state index < -0.39 is 191 Å². The summed E-state index contributed by atoms with van der Waals surface area (Å²) in [7, 11) is 6.64. The van der Waals surface area contributed by atoms with Crippen molar-refractivity contribution in [1.82, 2.24) is 60.0 Å². The van der Waals surface area contributed by atoms with Crippen molar-refractivity contribution < 1.29 is 83.9 Å². The van der Waals surface area contributed by atoms with E-state index in [9.17, 15) is 55.1 Å². The van der Waals surface area contributed by atoms with Crippen molar-refractivity contribution in [3.63, 3.8) is 0 Å². The summed E-state index contributed by atoms with van der Waals surface area (Å²) in [6, 6.07) is -5.39. The number of likely N-dealkylation sites (N-methyl/N-ethyl adjacent to an activating group) is 6. The van der Waals surface area contributed by atoms with Crippen LogP contribution in [0.5, 0.6) is 0 Å². The van der Waals surface area contributed by atoms with Gasteiger partial charge in [0.25, 0.3) is 0 Å². The van der Waals surface area contributed by atoms with E-state index >= 15 is 28.8 Å². The van der Waals surface area contributed by atoms with Crippen LogP contribution < -0.4 is 16.0 Å². The quantitative estimate of drug-likeness (QED) is 0.177. The minimum absolute atomic E-state index is 0.00928. The molecule has 5 aliphatic rings. The summed E-state index contributed by atoms with van der Waals surface area (Å²) in [5, 5.41) is 7.93. The Morgan fingerprint density at radius 3 is 1.78 bits per heavy atom. The molecule has 4 heterocycles. The zero-order chi connectivity index (χ0) is 78.1. The van der Waals surface area contributed by atoms with E-state index in [4.69, 9.17) is 11.6 Å². The maximum Gasteiger partial charge on any atom is 0.417 e. The van der Waals surface area contributed by atoms with Gasteiger partial charge in [-0.05, 0) is 131 Å². The SMILES string of the molecule is CC[C@H](C)[C@@H]1NC(=O)[C@H](CC(C)C)N(CC)C(=O)C[C@@H](C(=O)N2CCCC2)N(C)C(=O)[C@H]([C@@H](C)CC)N(C)C(=O)C2(CCCC2)NC(=O)[C@@H]2CCCN2C(=O)[C@H](CCc2ccc(C(F)(F)F)c(Cl)c2)NC(=O)CN(C)C(=O)[C@H](Cc2ccc(C(F)(F)F)cc2)N(C)C(=O)[C@@H]2CCN2C(=O)[C@H](C)N(C)C1=O. The predicted molar refractivity (Wildman–Crippen MR) is 377 cm³/mol. The van der Waals surface area contributed by atoms with Crippen LogP contribution in [0.4, 0.5) is 26.3 Å². The minimum atomic E-state index is -4.81. The number of rotatable bonds is 13. The summed E-state index contributed by atoms with van der Waals surface area (Å²) < 4.78 is 83.3. The molecule has 1 saturated carbocycles. The van der Waals surface area contributed by atoms with E-state index in [1.54, 1.807) is 32.6 Å². The molecule has 12 amide bonds. The van der Waals surface area contributed by atoms with Gasteiger partial charge in [0.1, 0.15) is 59.9 Å². The van der Waals surface area contributed by atoms with Gasteiger partial charge in [-0.15, -0.1) is 0 Å². The summed E-state index contributed by atoms with van der Waals surface area (Å²) in [5.74, 6) is -10.3. The molecule has 105 heavy (non-hydrogen) atoms. The van der Waals surface area contributed by atoms with E-state index in [0.29, 0.717) is 51.6 Å². The summed E-state index contributed by atoms with van der Waals surface area (Å²) in [4.78, 5) is 192. The molecule has 582 valence electrons. The normalized spacial score (nSPS) is 26.3. The van der Waals surface area contributed by atoms with E-state index in [-0.39, 0.29) is 88.0 Å². The first-order valence-electron chi connectivity index (χ1n) is 36.7. The molecule has 31 heteroatoms. The predicted octanol–water partition coefficient (Wildman–Crippen LogP) is 6.71.